The van der Waals surface area contributed by atoms with E-state index in [9.17, 15) is 9.59 Å². The highest BCUT2D eigenvalue weighted by Crippen LogP contribution is 2.19. The van der Waals surface area contributed by atoms with Crippen LogP contribution in [-0.4, -0.2) is 33.3 Å². The Hall–Kier alpha value is -4.00. The zero-order valence-electron chi connectivity index (χ0n) is 17.0. The van der Waals surface area contributed by atoms with Crippen molar-refractivity contribution in [2.75, 3.05) is 6.54 Å². The molecule has 0 aliphatic rings. The number of rotatable bonds is 8. The summed E-state index contributed by atoms with van der Waals surface area (Å²) >= 11 is 0. The molecule has 4 rings (SSSR count). The van der Waals surface area contributed by atoms with Crippen molar-refractivity contribution in [3.8, 4) is 11.7 Å². The van der Waals surface area contributed by atoms with E-state index in [1.54, 1.807) is 53.4 Å². The molecule has 0 bridgehead atoms. The Kier molecular flexibility index (Phi) is 6.03. The lowest BCUT2D eigenvalue weighted by atomic mass is 10.0. The molecule has 0 unspecified atom stereocenters. The molecule has 1 amide bonds. The van der Waals surface area contributed by atoms with Crippen molar-refractivity contribution in [2.45, 2.75) is 19.9 Å². The molecular weight excluding hydrogens is 394 g/mol. The number of ketones is 1. The highest BCUT2D eigenvalue weighted by molar-refractivity contribution is 6.09. The van der Waals surface area contributed by atoms with Gasteiger partial charge >= 0.3 is 0 Å². The number of hydrogen-bond donors (Lipinski definition) is 0. The number of aromatic nitrogens is 2. The maximum atomic E-state index is 13.1. The molecule has 0 atom stereocenters. The van der Waals surface area contributed by atoms with E-state index in [0.29, 0.717) is 34.9 Å². The first-order valence-corrected chi connectivity index (χ1v) is 10.0. The van der Waals surface area contributed by atoms with E-state index in [1.165, 1.54) is 6.26 Å². The Labute approximate surface area is 179 Å². The Morgan fingerprint density at radius 3 is 2.26 bits per heavy atom. The minimum atomic E-state index is -0.168. The number of carbonyl (C=O) groups is 2. The summed E-state index contributed by atoms with van der Waals surface area (Å²) in [6, 6.07) is 19.2. The van der Waals surface area contributed by atoms with Gasteiger partial charge in [-0.25, -0.2) is 0 Å². The number of amides is 1. The SMILES string of the molecule is CCCN(Cc1nnc(-c2ccco2)o1)C(=O)c1ccc(C(=O)c2ccccc2)cc1. The second kappa shape index (κ2) is 9.21. The van der Waals surface area contributed by atoms with Gasteiger partial charge in [0.1, 0.15) is 0 Å². The van der Waals surface area contributed by atoms with Crippen LogP contribution < -0.4 is 0 Å². The van der Waals surface area contributed by atoms with E-state index < -0.39 is 0 Å². The normalized spacial score (nSPS) is 10.7. The zero-order chi connectivity index (χ0) is 21.6. The molecule has 0 aliphatic heterocycles. The summed E-state index contributed by atoms with van der Waals surface area (Å²) in [5.74, 6) is 0.821. The number of benzene rings is 2. The molecule has 0 saturated carbocycles. The van der Waals surface area contributed by atoms with E-state index in [-0.39, 0.29) is 24.1 Å². The van der Waals surface area contributed by atoms with Gasteiger partial charge in [-0.3, -0.25) is 9.59 Å². The lowest BCUT2D eigenvalue weighted by Crippen LogP contribution is -2.31. The fourth-order valence-corrected chi connectivity index (χ4v) is 3.21. The number of carbonyl (C=O) groups excluding carboxylic acids is 2. The molecule has 2 heterocycles. The molecule has 0 fully saturated rings. The Morgan fingerprint density at radius 2 is 1.58 bits per heavy atom. The summed E-state index contributed by atoms with van der Waals surface area (Å²) in [5.41, 5.74) is 1.63. The van der Waals surface area contributed by atoms with Gasteiger partial charge in [0.15, 0.2) is 11.5 Å². The van der Waals surface area contributed by atoms with Crippen LogP contribution in [0, 0.1) is 0 Å². The van der Waals surface area contributed by atoms with Crippen molar-refractivity contribution in [1.82, 2.24) is 15.1 Å². The maximum Gasteiger partial charge on any atom is 0.283 e. The van der Waals surface area contributed by atoms with Crippen LogP contribution in [0.15, 0.2) is 81.8 Å². The van der Waals surface area contributed by atoms with Gasteiger partial charge in [0.2, 0.25) is 5.89 Å². The second-order valence-electron chi connectivity index (χ2n) is 6.98. The van der Waals surface area contributed by atoms with Crippen LogP contribution in [0.1, 0.15) is 45.5 Å². The van der Waals surface area contributed by atoms with Crippen LogP contribution in [0.5, 0.6) is 0 Å². The summed E-state index contributed by atoms with van der Waals surface area (Å²) < 4.78 is 10.9. The highest BCUT2D eigenvalue weighted by atomic mass is 16.4. The van der Waals surface area contributed by atoms with Crippen LogP contribution in [0.4, 0.5) is 0 Å². The van der Waals surface area contributed by atoms with Crippen molar-refractivity contribution < 1.29 is 18.4 Å². The molecule has 2 aromatic carbocycles. The van der Waals surface area contributed by atoms with Crippen molar-refractivity contribution in [2.24, 2.45) is 0 Å². The van der Waals surface area contributed by atoms with E-state index in [2.05, 4.69) is 10.2 Å². The molecule has 7 heteroatoms. The molecule has 0 aliphatic carbocycles. The van der Waals surface area contributed by atoms with E-state index >= 15 is 0 Å². The van der Waals surface area contributed by atoms with E-state index in [4.69, 9.17) is 8.83 Å². The van der Waals surface area contributed by atoms with Gasteiger partial charge in [0.05, 0.1) is 12.8 Å². The molecule has 4 aromatic rings. The minimum Gasteiger partial charge on any atom is -0.459 e. The van der Waals surface area contributed by atoms with Crippen molar-refractivity contribution in [3.05, 3.63) is 95.6 Å². The molecular formula is C24H21N3O4. The van der Waals surface area contributed by atoms with Crippen LogP contribution in [0.3, 0.4) is 0 Å². The molecule has 0 saturated heterocycles. The predicted molar refractivity (Wildman–Crippen MR) is 113 cm³/mol. The van der Waals surface area contributed by atoms with Crippen LogP contribution >= 0.6 is 0 Å². The van der Waals surface area contributed by atoms with Crippen molar-refractivity contribution >= 4 is 11.7 Å². The topological polar surface area (TPSA) is 89.4 Å². The summed E-state index contributed by atoms with van der Waals surface area (Å²) in [6.07, 6.45) is 2.30. The average molecular weight is 415 g/mol. The first-order valence-electron chi connectivity index (χ1n) is 10.0. The van der Waals surface area contributed by atoms with Crippen LogP contribution in [-0.2, 0) is 6.54 Å². The van der Waals surface area contributed by atoms with Gasteiger partial charge < -0.3 is 13.7 Å². The van der Waals surface area contributed by atoms with Gasteiger partial charge in [0.25, 0.3) is 11.8 Å². The lowest BCUT2D eigenvalue weighted by molar-refractivity contribution is 0.0728. The third kappa shape index (κ3) is 4.61. The van der Waals surface area contributed by atoms with Gasteiger partial charge in [-0.1, -0.05) is 49.4 Å². The number of hydrogen-bond acceptors (Lipinski definition) is 6. The summed E-state index contributed by atoms with van der Waals surface area (Å²) in [7, 11) is 0. The largest absolute Gasteiger partial charge is 0.459 e. The zero-order valence-corrected chi connectivity index (χ0v) is 17.0. The van der Waals surface area contributed by atoms with E-state index in [0.717, 1.165) is 6.42 Å². The Morgan fingerprint density at radius 1 is 0.871 bits per heavy atom. The monoisotopic (exact) mass is 415 g/mol. The summed E-state index contributed by atoms with van der Waals surface area (Å²) in [5, 5.41) is 8.00. The lowest BCUT2D eigenvalue weighted by Gasteiger charge is -2.20. The van der Waals surface area contributed by atoms with Gasteiger partial charge in [0, 0.05) is 23.2 Å². The van der Waals surface area contributed by atoms with E-state index in [1.807, 2.05) is 25.1 Å². The third-order valence-electron chi connectivity index (χ3n) is 4.74. The fourth-order valence-electron chi connectivity index (χ4n) is 3.21. The highest BCUT2D eigenvalue weighted by Gasteiger charge is 2.20. The molecule has 0 radical (unpaired) electrons. The molecule has 0 spiro atoms. The smallest absolute Gasteiger partial charge is 0.283 e. The van der Waals surface area contributed by atoms with Crippen molar-refractivity contribution in [3.63, 3.8) is 0 Å². The van der Waals surface area contributed by atoms with Gasteiger partial charge in [-0.2, -0.15) is 0 Å². The van der Waals surface area contributed by atoms with Crippen molar-refractivity contribution in [1.29, 1.82) is 0 Å². The van der Waals surface area contributed by atoms with Gasteiger partial charge in [-0.15, -0.1) is 10.2 Å². The number of nitrogens with zero attached hydrogens (tertiary/aromatic N) is 3. The summed E-state index contributed by atoms with van der Waals surface area (Å²) in [6.45, 7) is 2.71. The first-order chi connectivity index (χ1) is 15.2. The average Bonchev–Trinajstić information content (AvgIpc) is 3.51. The Balaban J connectivity index is 1.48. The fraction of sp³-hybridized carbons (Fsp3) is 0.167. The molecule has 156 valence electrons. The second-order valence-corrected chi connectivity index (χ2v) is 6.98. The standard InChI is InChI=1S/C24H21N3O4/c1-2-14-27(16-21-25-26-23(31-21)20-9-6-15-30-20)24(29)19-12-10-18(11-13-19)22(28)17-7-4-3-5-8-17/h3-13,15H,2,14,16H2,1H3. The first kappa shape index (κ1) is 20.3. The molecule has 7 nitrogen and oxygen atoms in total. The molecule has 2 aromatic heterocycles. The quantitative estimate of drug-likeness (QED) is 0.390. The predicted octanol–water partition coefficient (Wildman–Crippen LogP) is 4.61. The summed E-state index contributed by atoms with van der Waals surface area (Å²) in [4.78, 5) is 27.3. The van der Waals surface area contributed by atoms with Crippen LogP contribution in [0.25, 0.3) is 11.7 Å². The maximum absolute atomic E-state index is 13.1. The number of furan rings is 1. The van der Waals surface area contributed by atoms with Crippen LogP contribution in [0.2, 0.25) is 0 Å². The molecule has 0 N–H and O–H groups in total. The minimum absolute atomic E-state index is 0.0821. The third-order valence-corrected chi connectivity index (χ3v) is 4.74. The Bertz CT molecular complexity index is 1150. The van der Waals surface area contributed by atoms with Gasteiger partial charge in [-0.05, 0) is 30.7 Å². The molecule has 31 heavy (non-hydrogen) atoms.